The van der Waals surface area contributed by atoms with Crippen molar-refractivity contribution in [3.05, 3.63) is 23.5 Å². The molecule has 98 valence electrons. The van der Waals surface area contributed by atoms with E-state index in [0.717, 1.165) is 12.6 Å². The van der Waals surface area contributed by atoms with Crippen LogP contribution in [-0.4, -0.2) is 19.5 Å². The molecule has 2 rings (SSSR count). The molecule has 0 saturated heterocycles. The quantitative estimate of drug-likeness (QED) is 0.798. The Morgan fingerprint density at radius 2 is 2.17 bits per heavy atom. The molecule has 4 nitrogen and oxygen atoms in total. The second-order valence-electron chi connectivity index (χ2n) is 5.11. The summed E-state index contributed by atoms with van der Waals surface area (Å²) in [6.07, 6.45) is 1.17. The highest BCUT2D eigenvalue weighted by atomic mass is 19.1. The maximum absolute atomic E-state index is 13.8. The Morgan fingerprint density at radius 1 is 1.56 bits per heavy atom. The fourth-order valence-corrected chi connectivity index (χ4v) is 2.19. The second kappa shape index (κ2) is 4.48. The number of halogens is 1. The lowest BCUT2D eigenvalue weighted by molar-refractivity contribution is 0.100. The third-order valence-corrected chi connectivity index (χ3v) is 3.58. The normalized spacial score (nSPS) is 21.7. The van der Waals surface area contributed by atoms with Gasteiger partial charge in [0, 0.05) is 19.3 Å². The molecule has 2 unspecified atom stereocenters. The van der Waals surface area contributed by atoms with Crippen LogP contribution in [0.5, 0.6) is 0 Å². The first-order valence-electron chi connectivity index (χ1n) is 6.00. The van der Waals surface area contributed by atoms with Gasteiger partial charge >= 0.3 is 0 Å². The summed E-state index contributed by atoms with van der Waals surface area (Å²) >= 11 is 0. The van der Waals surface area contributed by atoms with Crippen molar-refractivity contribution in [2.45, 2.75) is 13.3 Å². The Bertz CT molecular complexity index is 489. The highest BCUT2D eigenvalue weighted by Gasteiger charge is 2.33. The van der Waals surface area contributed by atoms with Gasteiger partial charge < -0.3 is 16.4 Å². The van der Waals surface area contributed by atoms with Gasteiger partial charge in [-0.2, -0.15) is 0 Å². The number of nitrogens with two attached hydrogens (primary N) is 2. The van der Waals surface area contributed by atoms with E-state index in [4.69, 9.17) is 11.5 Å². The van der Waals surface area contributed by atoms with Crippen molar-refractivity contribution in [2.75, 3.05) is 24.2 Å². The van der Waals surface area contributed by atoms with Gasteiger partial charge in [0.1, 0.15) is 5.82 Å². The van der Waals surface area contributed by atoms with E-state index in [-0.39, 0.29) is 11.3 Å². The first-order valence-corrected chi connectivity index (χ1v) is 6.00. The number of rotatable bonds is 4. The zero-order valence-electron chi connectivity index (χ0n) is 10.6. The summed E-state index contributed by atoms with van der Waals surface area (Å²) in [5, 5.41) is 0. The zero-order chi connectivity index (χ0) is 13.4. The fraction of sp³-hybridized carbons (Fsp3) is 0.462. The fourth-order valence-electron chi connectivity index (χ4n) is 2.19. The topological polar surface area (TPSA) is 72.3 Å². The second-order valence-corrected chi connectivity index (χ2v) is 5.11. The molecule has 0 aliphatic heterocycles. The van der Waals surface area contributed by atoms with Crippen molar-refractivity contribution in [3.8, 4) is 0 Å². The minimum absolute atomic E-state index is 0.0805. The minimum atomic E-state index is -0.637. The van der Waals surface area contributed by atoms with Gasteiger partial charge in [-0.15, -0.1) is 0 Å². The lowest BCUT2D eigenvalue weighted by Gasteiger charge is -2.21. The summed E-state index contributed by atoms with van der Waals surface area (Å²) in [6.45, 7) is 2.95. The van der Waals surface area contributed by atoms with E-state index >= 15 is 0 Å². The predicted octanol–water partition coefficient (Wildman–Crippen LogP) is 1.60. The molecule has 18 heavy (non-hydrogen) atoms. The van der Waals surface area contributed by atoms with Crippen molar-refractivity contribution in [1.82, 2.24) is 0 Å². The maximum atomic E-state index is 13.8. The van der Waals surface area contributed by atoms with Crippen LogP contribution < -0.4 is 16.4 Å². The molecule has 0 bridgehead atoms. The molecule has 4 N–H and O–H groups in total. The molecule has 0 aromatic heterocycles. The summed E-state index contributed by atoms with van der Waals surface area (Å²) in [4.78, 5) is 13.0. The Balaban J connectivity index is 2.25. The van der Waals surface area contributed by atoms with Crippen LogP contribution in [0.25, 0.3) is 0 Å². The Hall–Kier alpha value is -1.78. The van der Waals surface area contributed by atoms with Crippen LogP contribution in [0.2, 0.25) is 0 Å². The molecular formula is C13H18FN3O. The van der Waals surface area contributed by atoms with Crippen LogP contribution in [0.3, 0.4) is 0 Å². The SMILES string of the molecule is CC1CC1CN(C)c1cc(C(N)=O)c(N)cc1F. The third kappa shape index (κ3) is 2.39. The van der Waals surface area contributed by atoms with Gasteiger partial charge in [0.05, 0.1) is 11.3 Å². The molecule has 1 amide bonds. The van der Waals surface area contributed by atoms with Crippen LogP contribution in [0.4, 0.5) is 15.8 Å². The minimum Gasteiger partial charge on any atom is -0.398 e. The van der Waals surface area contributed by atoms with E-state index < -0.39 is 11.7 Å². The number of amides is 1. The van der Waals surface area contributed by atoms with E-state index in [0.29, 0.717) is 17.5 Å². The van der Waals surface area contributed by atoms with E-state index in [2.05, 4.69) is 6.92 Å². The summed E-state index contributed by atoms with van der Waals surface area (Å²) in [6, 6.07) is 2.59. The molecule has 0 heterocycles. The Kier molecular flexibility index (Phi) is 3.15. The molecule has 1 fully saturated rings. The largest absolute Gasteiger partial charge is 0.398 e. The third-order valence-electron chi connectivity index (χ3n) is 3.58. The number of carbonyl (C=O) groups is 1. The number of hydrogen-bond acceptors (Lipinski definition) is 3. The van der Waals surface area contributed by atoms with Crippen LogP contribution in [0.15, 0.2) is 12.1 Å². The molecule has 0 spiro atoms. The smallest absolute Gasteiger partial charge is 0.250 e. The van der Waals surface area contributed by atoms with E-state index in [1.54, 1.807) is 0 Å². The number of benzene rings is 1. The van der Waals surface area contributed by atoms with Crippen molar-refractivity contribution in [3.63, 3.8) is 0 Å². The van der Waals surface area contributed by atoms with Gasteiger partial charge in [-0.3, -0.25) is 4.79 Å². The molecule has 1 aromatic rings. The first kappa shape index (κ1) is 12.7. The molecule has 1 saturated carbocycles. The molecule has 1 aromatic carbocycles. The van der Waals surface area contributed by atoms with Crippen LogP contribution >= 0.6 is 0 Å². The summed E-state index contributed by atoms with van der Waals surface area (Å²) in [5.41, 5.74) is 11.4. The number of primary amides is 1. The zero-order valence-corrected chi connectivity index (χ0v) is 10.6. The highest BCUT2D eigenvalue weighted by molar-refractivity contribution is 5.99. The number of nitrogen functional groups attached to an aromatic ring is 1. The van der Waals surface area contributed by atoms with Gasteiger partial charge in [-0.05, 0) is 30.4 Å². The summed E-state index contributed by atoms with van der Waals surface area (Å²) in [7, 11) is 1.81. The van der Waals surface area contributed by atoms with Crippen LogP contribution in [-0.2, 0) is 0 Å². The van der Waals surface area contributed by atoms with Crippen molar-refractivity contribution >= 4 is 17.3 Å². The van der Waals surface area contributed by atoms with E-state index in [1.807, 2.05) is 11.9 Å². The van der Waals surface area contributed by atoms with Crippen molar-refractivity contribution < 1.29 is 9.18 Å². The maximum Gasteiger partial charge on any atom is 0.250 e. The average molecular weight is 251 g/mol. The lowest BCUT2D eigenvalue weighted by atomic mass is 10.1. The highest BCUT2D eigenvalue weighted by Crippen LogP contribution is 2.39. The Morgan fingerprint density at radius 3 is 2.67 bits per heavy atom. The van der Waals surface area contributed by atoms with Gasteiger partial charge in [0.25, 0.3) is 5.91 Å². The van der Waals surface area contributed by atoms with Crippen molar-refractivity contribution in [1.29, 1.82) is 0 Å². The van der Waals surface area contributed by atoms with Crippen LogP contribution in [0.1, 0.15) is 23.7 Å². The van der Waals surface area contributed by atoms with Gasteiger partial charge in [0.15, 0.2) is 0 Å². The molecular weight excluding hydrogens is 233 g/mol. The summed E-state index contributed by atoms with van der Waals surface area (Å²) in [5.74, 6) is 0.235. The number of carbonyl (C=O) groups excluding carboxylic acids is 1. The molecule has 1 aliphatic carbocycles. The molecule has 1 aliphatic rings. The first-order chi connectivity index (χ1) is 8.40. The number of nitrogens with zero attached hydrogens (tertiary/aromatic N) is 1. The standard InChI is InChI=1S/C13H18FN3O/c1-7-3-8(7)6-17(2)12-4-9(13(16)18)11(15)5-10(12)14/h4-5,7-8H,3,6,15H2,1-2H3,(H2,16,18). The number of hydrogen-bond donors (Lipinski definition) is 2. The van der Waals surface area contributed by atoms with Crippen molar-refractivity contribution in [2.24, 2.45) is 17.6 Å². The summed E-state index contributed by atoms with van der Waals surface area (Å²) < 4.78 is 13.8. The molecule has 0 radical (unpaired) electrons. The predicted molar refractivity (Wildman–Crippen MR) is 69.9 cm³/mol. The Labute approximate surface area is 106 Å². The molecule has 5 heteroatoms. The van der Waals surface area contributed by atoms with E-state index in [1.165, 1.54) is 12.5 Å². The van der Waals surface area contributed by atoms with Gasteiger partial charge in [0.2, 0.25) is 0 Å². The monoisotopic (exact) mass is 251 g/mol. The molecule has 2 atom stereocenters. The van der Waals surface area contributed by atoms with Gasteiger partial charge in [-0.1, -0.05) is 6.92 Å². The van der Waals surface area contributed by atoms with Gasteiger partial charge in [-0.25, -0.2) is 4.39 Å². The lowest BCUT2D eigenvalue weighted by Crippen LogP contribution is -2.23. The average Bonchev–Trinajstić information content (AvgIpc) is 2.93. The van der Waals surface area contributed by atoms with Crippen LogP contribution in [0, 0.1) is 17.7 Å². The van der Waals surface area contributed by atoms with E-state index in [9.17, 15) is 9.18 Å². The number of anilines is 2.